The van der Waals surface area contributed by atoms with Gasteiger partial charge in [-0.05, 0) is 30.3 Å². The number of fused-ring (bicyclic) bond motifs is 3. The summed E-state index contributed by atoms with van der Waals surface area (Å²) in [6.07, 6.45) is 1.63. The second-order valence-corrected chi connectivity index (χ2v) is 5.90. The standard InChI is InChI=1S/C18H14ClN3O3/c1-24-15-7-6-11(19)8-12(15)21-18(23)17-14-9-25-16-5-3-2-4-13(16)22(14)10-20-17/h2-8,10H,9H2,1H3,(H,21,23). The number of rotatable bonds is 3. The molecule has 25 heavy (non-hydrogen) atoms. The van der Waals surface area contributed by atoms with Crippen molar-refractivity contribution in [2.24, 2.45) is 0 Å². The van der Waals surface area contributed by atoms with Gasteiger partial charge in [0.15, 0.2) is 5.69 Å². The summed E-state index contributed by atoms with van der Waals surface area (Å²) in [6.45, 7) is 0.270. The van der Waals surface area contributed by atoms with Gasteiger partial charge in [-0.15, -0.1) is 0 Å². The fourth-order valence-electron chi connectivity index (χ4n) is 2.79. The molecule has 6 nitrogen and oxygen atoms in total. The smallest absolute Gasteiger partial charge is 0.276 e. The summed E-state index contributed by atoms with van der Waals surface area (Å²) < 4.78 is 12.8. The molecule has 126 valence electrons. The monoisotopic (exact) mass is 355 g/mol. The third-order valence-electron chi connectivity index (χ3n) is 3.98. The first-order valence-corrected chi connectivity index (χ1v) is 7.98. The van der Waals surface area contributed by atoms with Crippen LogP contribution in [0.25, 0.3) is 5.69 Å². The van der Waals surface area contributed by atoms with Crippen LogP contribution in [0.4, 0.5) is 5.69 Å². The Labute approximate surface area is 149 Å². The highest BCUT2D eigenvalue weighted by molar-refractivity contribution is 6.31. The van der Waals surface area contributed by atoms with E-state index in [1.807, 2.05) is 28.8 Å². The summed E-state index contributed by atoms with van der Waals surface area (Å²) in [5.74, 6) is 0.931. The highest BCUT2D eigenvalue weighted by Crippen LogP contribution is 2.32. The summed E-state index contributed by atoms with van der Waals surface area (Å²) in [7, 11) is 1.53. The van der Waals surface area contributed by atoms with Gasteiger partial charge in [0.05, 0.1) is 24.2 Å². The number of carbonyl (C=O) groups excluding carboxylic acids is 1. The van der Waals surface area contributed by atoms with Crippen molar-refractivity contribution in [1.82, 2.24) is 9.55 Å². The summed E-state index contributed by atoms with van der Waals surface area (Å²) in [4.78, 5) is 17.0. The van der Waals surface area contributed by atoms with Crippen molar-refractivity contribution in [2.45, 2.75) is 6.61 Å². The van der Waals surface area contributed by atoms with Crippen LogP contribution in [0.5, 0.6) is 11.5 Å². The number of amides is 1. The van der Waals surface area contributed by atoms with Crippen molar-refractivity contribution in [2.75, 3.05) is 12.4 Å². The van der Waals surface area contributed by atoms with Crippen molar-refractivity contribution >= 4 is 23.2 Å². The van der Waals surface area contributed by atoms with Crippen LogP contribution in [-0.4, -0.2) is 22.6 Å². The first-order chi connectivity index (χ1) is 12.2. The molecule has 3 aromatic rings. The van der Waals surface area contributed by atoms with Crippen LogP contribution in [0.2, 0.25) is 5.02 Å². The van der Waals surface area contributed by atoms with Crippen LogP contribution in [0.3, 0.4) is 0 Å². The minimum absolute atomic E-state index is 0.270. The number of para-hydroxylation sites is 2. The fraction of sp³-hybridized carbons (Fsp3) is 0.111. The van der Waals surface area contributed by atoms with Crippen LogP contribution < -0.4 is 14.8 Å². The normalized spacial score (nSPS) is 11.9. The Bertz CT molecular complexity index is 968. The van der Waals surface area contributed by atoms with E-state index in [2.05, 4.69) is 10.3 Å². The first kappa shape index (κ1) is 15.5. The Morgan fingerprint density at radius 1 is 1.32 bits per heavy atom. The van der Waals surface area contributed by atoms with Crippen LogP contribution in [-0.2, 0) is 6.61 Å². The molecule has 0 aliphatic carbocycles. The Kier molecular flexibility index (Phi) is 3.82. The molecular formula is C18H14ClN3O3. The number of carbonyl (C=O) groups is 1. The predicted molar refractivity (Wildman–Crippen MR) is 93.9 cm³/mol. The Morgan fingerprint density at radius 3 is 3.00 bits per heavy atom. The number of benzene rings is 2. The molecule has 0 fully saturated rings. The molecule has 1 amide bonds. The molecule has 1 aliphatic heterocycles. The molecular weight excluding hydrogens is 342 g/mol. The number of ether oxygens (including phenoxy) is 2. The minimum Gasteiger partial charge on any atom is -0.495 e. The molecule has 0 unspecified atom stereocenters. The van der Waals surface area contributed by atoms with Gasteiger partial charge in [0.25, 0.3) is 5.91 Å². The minimum atomic E-state index is -0.350. The maximum absolute atomic E-state index is 12.7. The Hall–Kier alpha value is -2.99. The number of hydrogen-bond donors (Lipinski definition) is 1. The van der Waals surface area contributed by atoms with E-state index in [1.54, 1.807) is 24.5 Å². The number of aromatic nitrogens is 2. The second-order valence-electron chi connectivity index (χ2n) is 5.47. The molecule has 0 bridgehead atoms. The van der Waals surface area contributed by atoms with Crippen molar-refractivity contribution in [3.05, 3.63) is 65.2 Å². The predicted octanol–water partition coefficient (Wildman–Crippen LogP) is 3.68. The lowest BCUT2D eigenvalue weighted by Gasteiger charge is -2.20. The number of anilines is 1. The van der Waals surface area contributed by atoms with Gasteiger partial charge < -0.3 is 14.8 Å². The lowest BCUT2D eigenvalue weighted by molar-refractivity contribution is 0.101. The molecule has 0 saturated carbocycles. The number of methoxy groups -OCH3 is 1. The maximum atomic E-state index is 12.7. The van der Waals surface area contributed by atoms with E-state index in [4.69, 9.17) is 21.1 Å². The third-order valence-corrected chi connectivity index (χ3v) is 4.22. The largest absolute Gasteiger partial charge is 0.495 e. The van der Waals surface area contributed by atoms with E-state index in [-0.39, 0.29) is 12.5 Å². The van der Waals surface area contributed by atoms with E-state index in [1.165, 1.54) is 7.11 Å². The van der Waals surface area contributed by atoms with Gasteiger partial charge in [-0.25, -0.2) is 4.98 Å². The number of halogens is 1. The lowest BCUT2D eigenvalue weighted by Crippen LogP contribution is -2.19. The molecule has 0 radical (unpaired) electrons. The van der Waals surface area contributed by atoms with E-state index in [0.29, 0.717) is 27.8 Å². The van der Waals surface area contributed by atoms with E-state index in [0.717, 1.165) is 11.4 Å². The number of hydrogen-bond acceptors (Lipinski definition) is 4. The molecule has 4 rings (SSSR count). The van der Waals surface area contributed by atoms with Gasteiger partial charge in [-0.3, -0.25) is 9.36 Å². The van der Waals surface area contributed by atoms with Crippen molar-refractivity contribution in [3.8, 4) is 17.2 Å². The third kappa shape index (κ3) is 2.70. The zero-order valence-corrected chi connectivity index (χ0v) is 14.1. The Balaban J connectivity index is 1.68. The molecule has 7 heteroatoms. The van der Waals surface area contributed by atoms with Crippen LogP contribution >= 0.6 is 11.6 Å². The second kappa shape index (κ2) is 6.14. The topological polar surface area (TPSA) is 65.4 Å². The molecule has 2 heterocycles. The van der Waals surface area contributed by atoms with Gasteiger partial charge in [0.2, 0.25) is 0 Å². The van der Waals surface area contributed by atoms with Crippen molar-refractivity contribution in [3.63, 3.8) is 0 Å². The lowest BCUT2D eigenvalue weighted by atomic mass is 10.2. The Morgan fingerprint density at radius 2 is 2.16 bits per heavy atom. The summed E-state index contributed by atoms with van der Waals surface area (Å²) >= 11 is 6.01. The number of nitrogens with zero attached hydrogens (tertiary/aromatic N) is 2. The fourth-order valence-corrected chi connectivity index (χ4v) is 2.96. The molecule has 1 N–H and O–H groups in total. The summed E-state index contributed by atoms with van der Waals surface area (Å²) in [6, 6.07) is 12.6. The highest BCUT2D eigenvalue weighted by atomic mass is 35.5. The van der Waals surface area contributed by atoms with Crippen molar-refractivity contribution < 1.29 is 14.3 Å². The van der Waals surface area contributed by atoms with Crippen LogP contribution in [0.1, 0.15) is 16.2 Å². The van der Waals surface area contributed by atoms with E-state index >= 15 is 0 Å². The summed E-state index contributed by atoms with van der Waals surface area (Å²) in [5, 5.41) is 3.30. The quantitative estimate of drug-likeness (QED) is 0.778. The molecule has 0 spiro atoms. The molecule has 1 aliphatic rings. The van der Waals surface area contributed by atoms with Gasteiger partial charge >= 0.3 is 0 Å². The molecule has 2 aromatic carbocycles. The van der Waals surface area contributed by atoms with Gasteiger partial charge in [-0.1, -0.05) is 23.7 Å². The molecule has 0 saturated heterocycles. The highest BCUT2D eigenvalue weighted by Gasteiger charge is 2.25. The first-order valence-electron chi connectivity index (χ1n) is 7.60. The average Bonchev–Trinajstić information content (AvgIpc) is 3.06. The van der Waals surface area contributed by atoms with E-state index in [9.17, 15) is 4.79 Å². The van der Waals surface area contributed by atoms with E-state index < -0.39 is 0 Å². The zero-order chi connectivity index (χ0) is 17.4. The number of imidazole rings is 1. The SMILES string of the molecule is COc1ccc(Cl)cc1NC(=O)c1ncn2c1COc1ccccc1-2. The van der Waals surface area contributed by atoms with Crippen LogP contribution in [0.15, 0.2) is 48.8 Å². The molecule has 1 aromatic heterocycles. The average molecular weight is 356 g/mol. The van der Waals surface area contributed by atoms with Gasteiger partial charge in [-0.2, -0.15) is 0 Å². The zero-order valence-electron chi connectivity index (χ0n) is 13.3. The molecule has 0 atom stereocenters. The van der Waals surface area contributed by atoms with Gasteiger partial charge in [0, 0.05) is 5.02 Å². The maximum Gasteiger partial charge on any atom is 0.276 e. The van der Waals surface area contributed by atoms with Crippen LogP contribution in [0, 0.1) is 0 Å². The van der Waals surface area contributed by atoms with Gasteiger partial charge in [0.1, 0.15) is 24.4 Å². The summed E-state index contributed by atoms with van der Waals surface area (Å²) in [5.41, 5.74) is 2.34. The van der Waals surface area contributed by atoms with Crippen molar-refractivity contribution in [1.29, 1.82) is 0 Å². The number of nitrogens with one attached hydrogen (secondary N) is 1.